The molecule has 2 aliphatic carbocycles. The molecule has 0 aromatic heterocycles. The second-order valence-corrected chi connectivity index (χ2v) is 9.04. The molecule has 122 valence electrons. The zero-order valence-electron chi connectivity index (χ0n) is 15.3. The van der Waals surface area contributed by atoms with E-state index in [9.17, 15) is 0 Å². The van der Waals surface area contributed by atoms with Crippen LogP contribution in [0.15, 0.2) is 12.1 Å². The highest BCUT2D eigenvalue weighted by Gasteiger charge is 2.37. The zero-order valence-corrected chi connectivity index (χ0v) is 15.3. The van der Waals surface area contributed by atoms with Gasteiger partial charge in [-0.05, 0) is 91.4 Å². The fourth-order valence-corrected chi connectivity index (χ4v) is 5.17. The summed E-state index contributed by atoms with van der Waals surface area (Å²) in [6, 6.07) is 5.06. The standard InChI is InChI=1S/C22H34/c1-15-8-6-9-18-12-16(2)17(3)13-20(18)19-10-7-11-22(4,5)14-21(15)19/h12-13,15,19,21H,6-11,14H2,1-5H3. The molecule has 0 nitrogen and oxygen atoms in total. The van der Waals surface area contributed by atoms with Crippen molar-refractivity contribution in [2.45, 2.75) is 85.5 Å². The van der Waals surface area contributed by atoms with E-state index in [1.807, 2.05) is 0 Å². The number of benzene rings is 1. The fourth-order valence-electron chi connectivity index (χ4n) is 5.17. The van der Waals surface area contributed by atoms with E-state index in [4.69, 9.17) is 0 Å². The second-order valence-electron chi connectivity index (χ2n) is 9.04. The van der Waals surface area contributed by atoms with Crippen LogP contribution in [0.2, 0.25) is 0 Å². The van der Waals surface area contributed by atoms with Crippen molar-refractivity contribution < 1.29 is 0 Å². The van der Waals surface area contributed by atoms with Crippen LogP contribution in [-0.2, 0) is 6.42 Å². The Balaban J connectivity index is 2.06. The van der Waals surface area contributed by atoms with Crippen molar-refractivity contribution in [1.82, 2.24) is 0 Å². The van der Waals surface area contributed by atoms with Crippen LogP contribution in [0.4, 0.5) is 0 Å². The summed E-state index contributed by atoms with van der Waals surface area (Å²) in [7, 11) is 0. The van der Waals surface area contributed by atoms with Crippen LogP contribution in [0.3, 0.4) is 0 Å². The molecular weight excluding hydrogens is 264 g/mol. The average molecular weight is 299 g/mol. The van der Waals surface area contributed by atoms with Crippen LogP contribution in [0.1, 0.15) is 87.5 Å². The van der Waals surface area contributed by atoms with Crippen molar-refractivity contribution in [2.24, 2.45) is 17.3 Å². The summed E-state index contributed by atoms with van der Waals surface area (Å²) in [6.07, 6.45) is 9.75. The Morgan fingerprint density at radius 1 is 1.00 bits per heavy atom. The molecule has 1 fully saturated rings. The molecule has 0 saturated heterocycles. The minimum absolute atomic E-state index is 0.535. The first-order chi connectivity index (χ1) is 10.4. The molecular formula is C22H34. The highest BCUT2D eigenvalue weighted by atomic mass is 14.4. The Labute approximate surface area is 137 Å². The van der Waals surface area contributed by atoms with E-state index in [-0.39, 0.29) is 0 Å². The lowest BCUT2D eigenvalue weighted by atomic mass is 9.67. The molecule has 22 heavy (non-hydrogen) atoms. The molecule has 0 radical (unpaired) electrons. The van der Waals surface area contributed by atoms with Crippen molar-refractivity contribution in [3.05, 3.63) is 34.4 Å². The molecule has 1 saturated carbocycles. The predicted octanol–water partition coefficient (Wildman–Crippen LogP) is 6.58. The summed E-state index contributed by atoms with van der Waals surface area (Å²) in [6.45, 7) is 12.1. The van der Waals surface area contributed by atoms with E-state index in [0.29, 0.717) is 5.41 Å². The maximum atomic E-state index is 2.55. The van der Waals surface area contributed by atoms with Crippen molar-refractivity contribution >= 4 is 0 Å². The van der Waals surface area contributed by atoms with Crippen molar-refractivity contribution in [3.63, 3.8) is 0 Å². The van der Waals surface area contributed by atoms with Crippen LogP contribution >= 0.6 is 0 Å². The van der Waals surface area contributed by atoms with E-state index in [2.05, 4.69) is 46.8 Å². The molecule has 1 aromatic carbocycles. The molecule has 3 unspecified atom stereocenters. The van der Waals surface area contributed by atoms with E-state index >= 15 is 0 Å². The molecule has 0 spiro atoms. The van der Waals surface area contributed by atoms with E-state index in [1.165, 1.54) is 56.1 Å². The zero-order chi connectivity index (χ0) is 15.9. The number of aryl methyl sites for hydroxylation is 3. The minimum Gasteiger partial charge on any atom is -0.0622 e. The van der Waals surface area contributed by atoms with Gasteiger partial charge in [0.25, 0.3) is 0 Å². The second kappa shape index (κ2) is 6.02. The van der Waals surface area contributed by atoms with Gasteiger partial charge in [0.1, 0.15) is 0 Å². The van der Waals surface area contributed by atoms with Crippen LogP contribution in [-0.4, -0.2) is 0 Å². The van der Waals surface area contributed by atoms with Crippen LogP contribution in [0.5, 0.6) is 0 Å². The Kier molecular flexibility index (Phi) is 4.40. The smallest absolute Gasteiger partial charge is 0.0128 e. The normalized spacial score (nSPS) is 31.4. The van der Waals surface area contributed by atoms with Crippen molar-refractivity contribution in [2.75, 3.05) is 0 Å². The third-order valence-electron chi connectivity index (χ3n) is 6.67. The van der Waals surface area contributed by atoms with Gasteiger partial charge in [-0.3, -0.25) is 0 Å². The number of rotatable bonds is 0. The van der Waals surface area contributed by atoms with Crippen LogP contribution in [0.25, 0.3) is 0 Å². The first-order valence-electron chi connectivity index (χ1n) is 9.47. The van der Waals surface area contributed by atoms with E-state index in [1.54, 1.807) is 11.1 Å². The highest BCUT2D eigenvalue weighted by molar-refractivity contribution is 5.40. The van der Waals surface area contributed by atoms with Gasteiger partial charge >= 0.3 is 0 Å². The number of fused-ring (bicyclic) bond motifs is 3. The van der Waals surface area contributed by atoms with Gasteiger partial charge in [-0.25, -0.2) is 0 Å². The summed E-state index contributed by atoms with van der Waals surface area (Å²) in [4.78, 5) is 0. The van der Waals surface area contributed by atoms with Gasteiger partial charge in [-0.2, -0.15) is 0 Å². The predicted molar refractivity (Wildman–Crippen MR) is 96.5 cm³/mol. The molecule has 0 heterocycles. The van der Waals surface area contributed by atoms with Gasteiger partial charge in [0.2, 0.25) is 0 Å². The minimum atomic E-state index is 0.535. The van der Waals surface area contributed by atoms with Crippen LogP contribution in [0, 0.1) is 31.1 Å². The maximum absolute atomic E-state index is 2.55. The molecule has 2 aliphatic rings. The van der Waals surface area contributed by atoms with Gasteiger partial charge in [-0.1, -0.05) is 45.7 Å². The molecule has 0 amide bonds. The highest BCUT2D eigenvalue weighted by Crippen LogP contribution is 2.49. The average Bonchev–Trinajstić information content (AvgIpc) is 2.59. The van der Waals surface area contributed by atoms with Gasteiger partial charge in [0.15, 0.2) is 0 Å². The molecule has 1 aromatic rings. The summed E-state index contributed by atoms with van der Waals surface area (Å²) < 4.78 is 0. The molecule has 0 heteroatoms. The quantitative estimate of drug-likeness (QED) is 0.507. The Bertz CT molecular complexity index is 537. The fraction of sp³-hybridized carbons (Fsp3) is 0.727. The number of hydrogen-bond donors (Lipinski definition) is 0. The van der Waals surface area contributed by atoms with Gasteiger partial charge < -0.3 is 0 Å². The summed E-state index contributed by atoms with van der Waals surface area (Å²) >= 11 is 0. The lowest BCUT2D eigenvalue weighted by molar-refractivity contribution is 0.190. The number of hydrogen-bond acceptors (Lipinski definition) is 0. The lowest BCUT2D eigenvalue weighted by Crippen LogP contribution is -2.26. The first kappa shape index (κ1) is 16.1. The largest absolute Gasteiger partial charge is 0.0622 e. The topological polar surface area (TPSA) is 0 Å². The van der Waals surface area contributed by atoms with E-state index in [0.717, 1.165) is 17.8 Å². The Morgan fingerprint density at radius 2 is 1.73 bits per heavy atom. The monoisotopic (exact) mass is 298 g/mol. The van der Waals surface area contributed by atoms with Gasteiger partial charge in [0, 0.05) is 0 Å². The maximum Gasteiger partial charge on any atom is -0.0128 e. The van der Waals surface area contributed by atoms with Crippen LogP contribution < -0.4 is 0 Å². The van der Waals surface area contributed by atoms with Gasteiger partial charge in [0.05, 0.1) is 0 Å². The summed E-state index contributed by atoms with van der Waals surface area (Å²) in [5.74, 6) is 2.59. The third-order valence-corrected chi connectivity index (χ3v) is 6.67. The van der Waals surface area contributed by atoms with E-state index < -0.39 is 0 Å². The Hall–Kier alpha value is -0.780. The van der Waals surface area contributed by atoms with Crippen molar-refractivity contribution in [1.29, 1.82) is 0 Å². The molecule has 0 aliphatic heterocycles. The van der Waals surface area contributed by atoms with Gasteiger partial charge in [-0.15, -0.1) is 0 Å². The summed E-state index contributed by atoms with van der Waals surface area (Å²) in [5, 5.41) is 0. The first-order valence-corrected chi connectivity index (χ1v) is 9.47. The summed E-state index contributed by atoms with van der Waals surface area (Å²) in [5.41, 5.74) is 6.90. The SMILES string of the molecule is Cc1cc2c(cc1C)C1CCCC(C)(C)CC1C(C)CCC2. The van der Waals surface area contributed by atoms with Crippen molar-refractivity contribution in [3.8, 4) is 0 Å². The molecule has 0 bridgehead atoms. The molecule has 0 N–H and O–H groups in total. The lowest BCUT2D eigenvalue weighted by Gasteiger charge is -2.37. The molecule has 3 atom stereocenters. The molecule has 3 rings (SSSR count). The third kappa shape index (κ3) is 3.12. The Morgan fingerprint density at radius 3 is 2.50 bits per heavy atom.